The Morgan fingerprint density at radius 2 is 1.85 bits per heavy atom. The molecule has 11 heteroatoms. The third-order valence-corrected chi connectivity index (χ3v) is 7.21. The summed E-state index contributed by atoms with van der Waals surface area (Å²) in [6.07, 6.45) is 3.82. The third kappa shape index (κ3) is 4.83. The van der Waals surface area contributed by atoms with Crippen molar-refractivity contribution in [3.8, 4) is 23.0 Å². The lowest BCUT2D eigenvalue weighted by Crippen LogP contribution is -2.16. The normalized spacial score (nSPS) is 12.7. The number of nitrogens with one attached hydrogen (secondary N) is 1. The van der Waals surface area contributed by atoms with E-state index in [0.29, 0.717) is 27.6 Å². The summed E-state index contributed by atoms with van der Waals surface area (Å²) in [4.78, 5) is 26.1. The number of esters is 1. The molecule has 3 aromatic rings. The highest BCUT2D eigenvalue weighted by Crippen LogP contribution is 2.40. The number of amides is 1. The van der Waals surface area contributed by atoms with Crippen molar-refractivity contribution >= 4 is 40.0 Å². The Morgan fingerprint density at radius 1 is 1.12 bits per heavy atom. The second kappa shape index (κ2) is 10.3. The van der Waals surface area contributed by atoms with Crippen molar-refractivity contribution in [2.24, 2.45) is 0 Å². The van der Waals surface area contributed by atoms with Gasteiger partial charge in [0.25, 0.3) is 11.1 Å². The van der Waals surface area contributed by atoms with Gasteiger partial charge in [0, 0.05) is 4.88 Å². The third-order valence-electron chi connectivity index (χ3n) is 5.19. The number of nitrogens with zero attached hydrogens (tertiary/aromatic N) is 2. The SMILES string of the molecule is COC(=O)c1c(NC(=O)CSc2nnc(-c3c(OC)cccc3OC)o2)sc2c1CCCC2. The summed E-state index contributed by atoms with van der Waals surface area (Å²) in [6.45, 7) is 0. The number of fused-ring (bicyclic) bond motifs is 1. The first-order chi connectivity index (χ1) is 16.0. The van der Waals surface area contributed by atoms with E-state index in [1.807, 2.05) is 0 Å². The van der Waals surface area contributed by atoms with Crippen LogP contribution in [0.2, 0.25) is 0 Å². The van der Waals surface area contributed by atoms with E-state index in [-0.39, 0.29) is 22.8 Å². The summed E-state index contributed by atoms with van der Waals surface area (Å²) in [6, 6.07) is 5.33. The number of aromatic nitrogens is 2. The first-order valence-corrected chi connectivity index (χ1v) is 12.1. The highest BCUT2D eigenvalue weighted by atomic mass is 32.2. The van der Waals surface area contributed by atoms with Gasteiger partial charge in [-0.05, 0) is 43.4 Å². The molecule has 1 N–H and O–H groups in total. The molecule has 4 rings (SSSR count). The van der Waals surface area contributed by atoms with E-state index in [9.17, 15) is 9.59 Å². The maximum atomic E-state index is 12.6. The molecule has 2 aromatic heterocycles. The van der Waals surface area contributed by atoms with Gasteiger partial charge in [-0.25, -0.2) is 4.79 Å². The molecule has 0 unspecified atom stereocenters. The van der Waals surface area contributed by atoms with Crippen LogP contribution in [0.15, 0.2) is 27.8 Å². The molecule has 1 aliphatic carbocycles. The molecule has 0 saturated carbocycles. The van der Waals surface area contributed by atoms with Crippen molar-refractivity contribution in [1.29, 1.82) is 0 Å². The minimum absolute atomic E-state index is 0.0356. The van der Waals surface area contributed by atoms with E-state index in [0.717, 1.165) is 47.9 Å². The second-order valence-corrected chi connectivity index (χ2v) is 9.19. The number of rotatable bonds is 8. The van der Waals surface area contributed by atoms with Crippen LogP contribution in [-0.2, 0) is 22.4 Å². The monoisotopic (exact) mass is 489 g/mol. The number of hydrogen-bond donors (Lipinski definition) is 1. The smallest absolute Gasteiger partial charge is 0.341 e. The molecule has 0 atom stereocenters. The average molecular weight is 490 g/mol. The molecular formula is C22H23N3O6S2. The minimum Gasteiger partial charge on any atom is -0.496 e. The van der Waals surface area contributed by atoms with Crippen LogP contribution in [0.3, 0.4) is 0 Å². The molecule has 0 saturated heterocycles. The number of carbonyl (C=O) groups excluding carboxylic acids is 2. The van der Waals surface area contributed by atoms with Gasteiger partial charge in [0.1, 0.15) is 22.1 Å². The van der Waals surface area contributed by atoms with Crippen LogP contribution in [0, 0.1) is 0 Å². The highest BCUT2D eigenvalue weighted by molar-refractivity contribution is 7.99. The number of hydrogen-bond acceptors (Lipinski definition) is 10. The van der Waals surface area contributed by atoms with E-state index in [4.69, 9.17) is 18.6 Å². The number of aryl methyl sites for hydroxylation is 1. The molecule has 0 spiro atoms. The van der Waals surface area contributed by atoms with E-state index in [1.54, 1.807) is 32.4 Å². The van der Waals surface area contributed by atoms with Gasteiger partial charge in [0.15, 0.2) is 0 Å². The molecule has 9 nitrogen and oxygen atoms in total. The molecule has 1 amide bonds. The largest absolute Gasteiger partial charge is 0.496 e. The quantitative estimate of drug-likeness (QED) is 0.367. The maximum absolute atomic E-state index is 12.6. The predicted molar refractivity (Wildman–Crippen MR) is 124 cm³/mol. The van der Waals surface area contributed by atoms with Gasteiger partial charge in [-0.15, -0.1) is 21.5 Å². The van der Waals surface area contributed by atoms with Gasteiger partial charge in [-0.2, -0.15) is 0 Å². The molecule has 0 radical (unpaired) electrons. The molecule has 33 heavy (non-hydrogen) atoms. The van der Waals surface area contributed by atoms with Crippen molar-refractivity contribution in [2.75, 3.05) is 32.4 Å². The number of thioether (sulfide) groups is 1. The molecular weight excluding hydrogens is 466 g/mol. The minimum atomic E-state index is -0.426. The van der Waals surface area contributed by atoms with E-state index >= 15 is 0 Å². The number of anilines is 1. The van der Waals surface area contributed by atoms with Gasteiger partial charge in [0.2, 0.25) is 5.91 Å². The van der Waals surface area contributed by atoms with Crippen LogP contribution in [0.1, 0.15) is 33.6 Å². The van der Waals surface area contributed by atoms with Gasteiger partial charge >= 0.3 is 5.97 Å². The van der Waals surface area contributed by atoms with Crippen LogP contribution >= 0.6 is 23.1 Å². The average Bonchev–Trinajstić information content (AvgIpc) is 3.45. The summed E-state index contributed by atoms with van der Waals surface area (Å²) in [5.74, 6) is 0.621. The Kier molecular flexibility index (Phi) is 7.19. The Morgan fingerprint density at radius 3 is 2.55 bits per heavy atom. The Bertz CT molecular complexity index is 1150. The van der Waals surface area contributed by atoms with Crippen molar-refractivity contribution in [3.63, 3.8) is 0 Å². The summed E-state index contributed by atoms with van der Waals surface area (Å²) >= 11 is 2.54. The lowest BCUT2D eigenvalue weighted by Gasteiger charge is -2.11. The lowest BCUT2D eigenvalue weighted by molar-refractivity contribution is -0.113. The predicted octanol–water partition coefficient (Wildman–Crippen LogP) is 4.21. The molecule has 2 heterocycles. The fraction of sp³-hybridized carbons (Fsp3) is 0.364. The van der Waals surface area contributed by atoms with Crippen molar-refractivity contribution in [2.45, 2.75) is 30.9 Å². The van der Waals surface area contributed by atoms with Crippen LogP contribution < -0.4 is 14.8 Å². The first-order valence-electron chi connectivity index (χ1n) is 10.3. The van der Waals surface area contributed by atoms with Crippen molar-refractivity contribution < 1.29 is 28.2 Å². The molecule has 1 aromatic carbocycles. The van der Waals surface area contributed by atoms with Crippen molar-refractivity contribution in [1.82, 2.24) is 10.2 Å². The topological polar surface area (TPSA) is 113 Å². The lowest BCUT2D eigenvalue weighted by atomic mass is 9.95. The second-order valence-electron chi connectivity index (χ2n) is 7.15. The summed E-state index contributed by atoms with van der Waals surface area (Å²) in [7, 11) is 4.43. The van der Waals surface area contributed by atoms with Crippen LogP contribution in [0.4, 0.5) is 5.00 Å². The zero-order chi connectivity index (χ0) is 23.4. The van der Waals surface area contributed by atoms with E-state index < -0.39 is 5.97 Å². The number of methoxy groups -OCH3 is 3. The van der Waals surface area contributed by atoms with Crippen LogP contribution in [-0.4, -0.2) is 49.2 Å². The Labute approximate surface area is 198 Å². The standard InChI is InChI=1S/C22H23N3O6S2/c1-28-13-8-6-9-14(29-2)18(13)19-24-25-22(31-19)32-11-16(26)23-20-17(21(27)30-3)12-7-4-5-10-15(12)33-20/h6,8-9H,4-5,7,10-11H2,1-3H3,(H,23,26). The molecule has 0 bridgehead atoms. The van der Waals surface area contributed by atoms with Crippen LogP contribution in [0.25, 0.3) is 11.5 Å². The zero-order valence-electron chi connectivity index (χ0n) is 18.4. The fourth-order valence-corrected chi connectivity index (χ4v) is 5.55. The molecule has 0 aliphatic heterocycles. The summed E-state index contributed by atoms with van der Waals surface area (Å²) in [5, 5.41) is 11.7. The van der Waals surface area contributed by atoms with E-state index in [2.05, 4.69) is 15.5 Å². The van der Waals surface area contributed by atoms with Gasteiger partial charge in [-0.3, -0.25) is 4.79 Å². The zero-order valence-corrected chi connectivity index (χ0v) is 20.1. The summed E-state index contributed by atoms with van der Waals surface area (Å²) in [5.41, 5.74) is 2.01. The van der Waals surface area contributed by atoms with Crippen molar-refractivity contribution in [3.05, 3.63) is 34.2 Å². The molecule has 174 valence electrons. The highest BCUT2D eigenvalue weighted by Gasteiger charge is 2.27. The molecule has 0 fully saturated rings. The number of carbonyl (C=O) groups is 2. The summed E-state index contributed by atoms with van der Waals surface area (Å²) < 4.78 is 21.4. The van der Waals surface area contributed by atoms with Crippen LogP contribution in [0.5, 0.6) is 11.5 Å². The fourth-order valence-electron chi connectivity index (χ4n) is 3.69. The number of thiophene rings is 1. The maximum Gasteiger partial charge on any atom is 0.341 e. The first kappa shape index (κ1) is 23.1. The Hall–Kier alpha value is -3.05. The number of ether oxygens (including phenoxy) is 3. The van der Waals surface area contributed by atoms with Gasteiger partial charge in [0.05, 0.1) is 32.6 Å². The Balaban J connectivity index is 1.46. The number of benzene rings is 1. The van der Waals surface area contributed by atoms with Gasteiger partial charge < -0.3 is 23.9 Å². The molecule has 1 aliphatic rings. The van der Waals surface area contributed by atoms with Gasteiger partial charge in [-0.1, -0.05) is 17.8 Å². The van der Waals surface area contributed by atoms with E-state index in [1.165, 1.54) is 18.4 Å².